The monoisotopic (exact) mass is 322 g/mol. The molecule has 23 heavy (non-hydrogen) atoms. The molecule has 0 aliphatic carbocycles. The molecule has 0 radical (unpaired) electrons. The van der Waals surface area contributed by atoms with Gasteiger partial charge in [-0.3, -0.25) is 4.68 Å². The molecular weight excluding hydrogens is 292 g/mol. The van der Waals surface area contributed by atoms with Crippen molar-refractivity contribution in [3.8, 4) is 0 Å². The highest BCUT2D eigenvalue weighted by molar-refractivity contribution is 5.74. The van der Waals surface area contributed by atoms with Gasteiger partial charge in [-0.15, -0.1) is 0 Å². The fourth-order valence-electron chi connectivity index (χ4n) is 3.09. The summed E-state index contributed by atoms with van der Waals surface area (Å²) in [6, 6.07) is 0.0690. The summed E-state index contributed by atoms with van der Waals surface area (Å²) in [4.78, 5) is 14.4. The van der Waals surface area contributed by atoms with Crippen molar-refractivity contribution in [1.82, 2.24) is 20.0 Å². The van der Waals surface area contributed by atoms with Crippen molar-refractivity contribution in [3.63, 3.8) is 0 Å². The Morgan fingerprint density at radius 3 is 2.74 bits per heavy atom. The van der Waals surface area contributed by atoms with Crippen LogP contribution in [0.3, 0.4) is 0 Å². The number of morpholine rings is 1. The van der Waals surface area contributed by atoms with Crippen LogP contribution < -0.4 is 5.32 Å². The third-order valence-corrected chi connectivity index (χ3v) is 4.91. The zero-order valence-corrected chi connectivity index (χ0v) is 15.3. The summed E-state index contributed by atoms with van der Waals surface area (Å²) in [5.41, 5.74) is 3.19. The number of aryl methyl sites for hydroxylation is 2. The van der Waals surface area contributed by atoms with Gasteiger partial charge in [0, 0.05) is 25.3 Å². The van der Waals surface area contributed by atoms with Crippen molar-refractivity contribution >= 4 is 6.03 Å². The molecule has 2 rings (SSSR count). The molecule has 0 spiro atoms. The Balaban J connectivity index is 1.94. The smallest absolute Gasteiger partial charge is 0.317 e. The van der Waals surface area contributed by atoms with Crippen LogP contribution in [0.25, 0.3) is 0 Å². The summed E-state index contributed by atoms with van der Waals surface area (Å²) < 4.78 is 7.69. The molecule has 1 aromatic rings. The Kier molecular flexibility index (Phi) is 5.34. The molecular formula is C17H30N4O2. The van der Waals surface area contributed by atoms with Crippen LogP contribution in [0.5, 0.6) is 0 Å². The predicted molar refractivity (Wildman–Crippen MR) is 90.6 cm³/mol. The quantitative estimate of drug-likeness (QED) is 0.924. The molecule has 2 heterocycles. The second-order valence-corrected chi connectivity index (χ2v) is 6.90. The van der Waals surface area contributed by atoms with E-state index in [1.165, 1.54) is 5.56 Å². The lowest BCUT2D eigenvalue weighted by atomic mass is 10.0. The molecule has 2 amide bonds. The maximum atomic E-state index is 12.5. The average molecular weight is 322 g/mol. The van der Waals surface area contributed by atoms with Crippen LogP contribution in [-0.4, -0.2) is 52.1 Å². The number of rotatable bonds is 4. The molecule has 2 atom stereocenters. The lowest BCUT2D eigenvalue weighted by Gasteiger charge is -2.40. The third-order valence-electron chi connectivity index (χ3n) is 4.91. The van der Waals surface area contributed by atoms with E-state index in [4.69, 9.17) is 4.74 Å². The first-order valence-corrected chi connectivity index (χ1v) is 8.44. The highest BCUT2D eigenvalue weighted by Gasteiger charge is 2.33. The Bertz CT molecular complexity index is 569. The van der Waals surface area contributed by atoms with Gasteiger partial charge in [0.25, 0.3) is 0 Å². The zero-order chi connectivity index (χ0) is 17.2. The second kappa shape index (κ2) is 6.91. The molecule has 1 aliphatic heterocycles. The minimum Gasteiger partial charge on any atom is -0.372 e. The molecule has 0 unspecified atom stereocenters. The van der Waals surface area contributed by atoms with E-state index in [1.807, 2.05) is 30.5 Å². The molecule has 130 valence electrons. The van der Waals surface area contributed by atoms with E-state index in [1.54, 1.807) is 0 Å². The van der Waals surface area contributed by atoms with Crippen molar-refractivity contribution < 1.29 is 9.53 Å². The highest BCUT2D eigenvalue weighted by atomic mass is 16.5. The van der Waals surface area contributed by atoms with Crippen molar-refractivity contribution in [2.24, 2.45) is 7.05 Å². The maximum absolute atomic E-state index is 12.5. The largest absolute Gasteiger partial charge is 0.372 e. The number of urea groups is 1. The van der Waals surface area contributed by atoms with E-state index in [0.29, 0.717) is 19.7 Å². The van der Waals surface area contributed by atoms with Gasteiger partial charge >= 0.3 is 6.03 Å². The number of carbonyl (C=O) groups is 1. The first-order chi connectivity index (χ1) is 10.8. The topological polar surface area (TPSA) is 59.4 Å². The standard InChI is InChI=1S/C17H30N4O2/c1-7-17(5)11-21(8-9-23-17)16(22)18-12(2)10-15-13(3)19-20(6)14(15)4/h12H,7-11H2,1-6H3,(H,18,22)/t12-,17-/m0/s1. The first-order valence-electron chi connectivity index (χ1n) is 8.44. The number of carbonyl (C=O) groups excluding carboxylic acids is 1. The summed E-state index contributed by atoms with van der Waals surface area (Å²) in [6.45, 7) is 12.2. The number of amides is 2. The van der Waals surface area contributed by atoms with E-state index >= 15 is 0 Å². The predicted octanol–water partition coefficient (Wildman–Crippen LogP) is 2.18. The minimum atomic E-state index is -0.227. The number of nitrogens with zero attached hydrogens (tertiary/aromatic N) is 3. The number of nitrogens with one attached hydrogen (secondary N) is 1. The van der Waals surface area contributed by atoms with Gasteiger partial charge in [-0.25, -0.2) is 4.79 Å². The summed E-state index contributed by atoms with van der Waals surface area (Å²) in [6.07, 6.45) is 1.70. The van der Waals surface area contributed by atoms with E-state index < -0.39 is 0 Å². The number of aromatic nitrogens is 2. The molecule has 1 aliphatic rings. The van der Waals surface area contributed by atoms with Crippen molar-refractivity contribution in [1.29, 1.82) is 0 Å². The van der Waals surface area contributed by atoms with Crippen molar-refractivity contribution in [2.45, 2.75) is 59.1 Å². The van der Waals surface area contributed by atoms with Gasteiger partial charge in [-0.2, -0.15) is 5.10 Å². The van der Waals surface area contributed by atoms with Gasteiger partial charge in [0.2, 0.25) is 0 Å². The third kappa shape index (κ3) is 4.05. The summed E-state index contributed by atoms with van der Waals surface area (Å²) in [5.74, 6) is 0. The summed E-state index contributed by atoms with van der Waals surface area (Å²) in [5, 5.41) is 7.56. The van der Waals surface area contributed by atoms with E-state index in [9.17, 15) is 4.79 Å². The van der Waals surface area contributed by atoms with E-state index in [0.717, 1.165) is 24.2 Å². The fourth-order valence-corrected chi connectivity index (χ4v) is 3.09. The van der Waals surface area contributed by atoms with Crippen LogP contribution in [-0.2, 0) is 18.2 Å². The van der Waals surface area contributed by atoms with Crippen LogP contribution >= 0.6 is 0 Å². The van der Waals surface area contributed by atoms with Gasteiger partial charge in [0.1, 0.15) is 0 Å². The molecule has 6 nitrogen and oxygen atoms in total. The van der Waals surface area contributed by atoms with Crippen LogP contribution in [0.2, 0.25) is 0 Å². The van der Waals surface area contributed by atoms with Gasteiger partial charge in [-0.05, 0) is 46.1 Å². The SMILES string of the molecule is CC[C@@]1(C)CN(C(=O)N[C@@H](C)Cc2c(C)nn(C)c2C)CCO1. The van der Waals surface area contributed by atoms with Crippen molar-refractivity contribution in [3.05, 3.63) is 17.0 Å². The van der Waals surface area contributed by atoms with Crippen LogP contribution in [0.1, 0.15) is 44.1 Å². The van der Waals surface area contributed by atoms with E-state index in [-0.39, 0.29) is 17.7 Å². The van der Waals surface area contributed by atoms with Gasteiger partial charge in [0.05, 0.1) is 24.4 Å². The molecule has 0 aromatic carbocycles. The Hall–Kier alpha value is -1.56. The normalized spacial score (nSPS) is 23.0. The molecule has 1 aromatic heterocycles. The Labute approximate surface area is 139 Å². The van der Waals surface area contributed by atoms with Gasteiger partial charge in [-0.1, -0.05) is 6.92 Å². The number of hydrogen-bond donors (Lipinski definition) is 1. The van der Waals surface area contributed by atoms with E-state index in [2.05, 4.69) is 31.2 Å². The molecule has 1 N–H and O–H groups in total. The van der Waals surface area contributed by atoms with Crippen LogP contribution in [0, 0.1) is 13.8 Å². The minimum absolute atomic E-state index is 0.000304. The fraction of sp³-hybridized carbons (Fsp3) is 0.765. The molecule has 1 fully saturated rings. The maximum Gasteiger partial charge on any atom is 0.317 e. The van der Waals surface area contributed by atoms with Gasteiger partial charge in [0.15, 0.2) is 0 Å². The molecule has 6 heteroatoms. The Morgan fingerprint density at radius 2 is 2.17 bits per heavy atom. The summed E-state index contributed by atoms with van der Waals surface area (Å²) >= 11 is 0. The number of ether oxygens (including phenoxy) is 1. The lowest BCUT2D eigenvalue weighted by molar-refractivity contribution is -0.0874. The number of hydrogen-bond acceptors (Lipinski definition) is 3. The van der Waals surface area contributed by atoms with Crippen LogP contribution in [0.15, 0.2) is 0 Å². The summed E-state index contributed by atoms with van der Waals surface area (Å²) in [7, 11) is 1.95. The Morgan fingerprint density at radius 1 is 1.48 bits per heavy atom. The molecule has 0 bridgehead atoms. The van der Waals surface area contributed by atoms with Gasteiger partial charge < -0.3 is 15.0 Å². The van der Waals surface area contributed by atoms with Crippen LogP contribution in [0.4, 0.5) is 4.79 Å². The zero-order valence-electron chi connectivity index (χ0n) is 15.3. The first kappa shape index (κ1) is 17.8. The second-order valence-electron chi connectivity index (χ2n) is 6.90. The average Bonchev–Trinajstić information content (AvgIpc) is 2.73. The van der Waals surface area contributed by atoms with Crippen molar-refractivity contribution in [2.75, 3.05) is 19.7 Å². The lowest BCUT2D eigenvalue weighted by Crippen LogP contribution is -2.55. The molecule has 1 saturated heterocycles. The molecule has 0 saturated carbocycles. The highest BCUT2D eigenvalue weighted by Crippen LogP contribution is 2.21.